The van der Waals surface area contributed by atoms with Crippen molar-refractivity contribution in [3.05, 3.63) is 76.6 Å². The standard InChI is InChI=1S/C22H20N2O6/c1-13-9-14(2)24(23-13)18-7-5-15(6-8-18)22(27)30-19-11-16(20(25)28-3)10-17(12-19)21(26)29-4/h5-12H,1-4H3. The molecule has 0 radical (unpaired) electrons. The van der Waals surface area contributed by atoms with Gasteiger partial charge in [-0.25, -0.2) is 19.1 Å². The molecule has 3 aromatic rings. The van der Waals surface area contributed by atoms with E-state index in [1.807, 2.05) is 19.9 Å². The lowest BCUT2D eigenvalue weighted by Gasteiger charge is -2.09. The summed E-state index contributed by atoms with van der Waals surface area (Å²) in [5.41, 5.74) is 3.08. The molecule has 0 amide bonds. The lowest BCUT2D eigenvalue weighted by Crippen LogP contribution is -2.12. The van der Waals surface area contributed by atoms with Gasteiger partial charge in [-0.05, 0) is 62.4 Å². The predicted octanol–water partition coefficient (Wildman–Crippen LogP) is 3.28. The van der Waals surface area contributed by atoms with Crippen molar-refractivity contribution in [3.63, 3.8) is 0 Å². The maximum atomic E-state index is 12.6. The summed E-state index contributed by atoms with van der Waals surface area (Å²) in [5, 5.41) is 4.40. The van der Waals surface area contributed by atoms with Crippen LogP contribution in [-0.2, 0) is 9.47 Å². The van der Waals surface area contributed by atoms with Gasteiger partial charge in [0, 0.05) is 5.69 Å². The fourth-order valence-corrected chi connectivity index (χ4v) is 2.92. The molecule has 0 N–H and O–H groups in total. The number of aryl methyl sites for hydroxylation is 2. The smallest absolute Gasteiger partial charge is 0.343 e. The number of esters is 3. The molecule has 0 spiro atoms. The molecular formula is C22H20N2O6. The quantitative estimate of drug-likeness (QED) is 0.472. The topological polar surface area (TPSA) is 96.7 Å². The van der Waals surface area contributed by atoms with Gasteiger partial charge in [0.1, 0.15) is 5.75 Å². The summed E-state index contributed by atoms with van der Waals surface area (Å²) >= 11 is 0. The van der Waals surface area contributed by atoms with Crippen molar-refractivity contribution >= 4 is 17.9 Å². The highest BCUT2D eigenvalue weighted by atomic mass is 16.5. The van der Waals surface area contributed by atoms with Crippen LogP contribution in [0.4, 0.5) is 0 Å². The Morgan fingerprint density at radius 3 is 1.80 bits per heavy atom. The maximum absolute atomic E-state index is 12.6. The zero-order valence-corrected chi connectivity index (χ0v) is 17.0. The van der Waals surface area contributed by atoms with E-state index in [1.165, 1.54) is 32.4 Å². The Labute approximate surface area is 173 Å². The zero-order valence-electron chi connectivity index (χ0n) is 17.0. The Bertz CT molecular complexity index is 1080. The van der Waals surface area contributed by atoms with Crippen LogP contribution in [0.3, 0.4) is 0 Å². The Morgan fingerprint density at radius 1 is 0.767 bits per heavy atom. The van der Waals surface area contributed by atoms with Crippen LogP contribution in [0.5, 0.6) is 5.75 Å². The predicted molar refractivity (Wildman–Crippen MR) is 107 cm³/mol. The van der Waals surface area contributed by atoms with Crippen molar-refractivity contribution in [2.24, 2.45) is 0 Å². The van der Waals surface area contributed by atoms with E-state index >= 15 is 0 Å². The van der Waals surface area contributed by atoms with Crippen LogP contribution < -0.4 is 4.74 Å². The molecule has 1 aromatic heterocycles. The summed E-state index contributed by atoms with van der Waals surface area (Å²) in [7, 11) is 2.42. The molecule has 0 atom stereocenters. The lowest BCUT2D eigenvalue weighted by molar-refractivity contribution is 0.0593. The highest BCUT2D eigenvalue weighted by molar-refractivity contribution is 5.97. The monoisotopic (exact) mass is 408 g/mol. The average molecular weight is 408 g/mol. The van der Waals surface area contributed by atoms with Crippen molar-refractivity contribution in [1.29, 1.82) is 0 Å². The van der Waals surface area contributed by atoms with Gasteiger partial charge in [-0.1, -0.05) is 0 Å². The SMILES string of the molecule is COC(=O)c1cc(OC(=O)c2ccc(-n3nc(C)cc3C)cc2)cc(C(=O)OC)c1. The number of benzene rings is 2. The number of methoxy groups -OCH3 is 2. The Balaban J connectivity index is 1.85. The van der Waals surface area contributed by atoms with E-state index in [-0.39, 0.29) is 16.9 Å². The van der Waals surface area contributed by atoms with E-state index in [2.05, 4.69) is 14.6 Å². The van der Waals surface area contributed by atoms with E-state index in [9.17, 15) is 14.4 Å². The van der Waals surface area contributed by atoms with Crippen molar-refractivity contribution in [1.82, 2.24) is 9.78 Å². The van der Waals surface area contributed by atoms with Crippen molar-refractivity contribution in [3.8, 4) is 11.4 Å². The van der Waals surface area contributed by atoms with Gasteiger partial charge in [0.05, 0.1) is 42.3 Å². The molecular weight excluding hydrogens is 388 g/mol. The van der Waals surface area contributed by atoms with Crippen molar-refractivity contribution < 1.29 is 28.6 Å². The molecule has 0 aliphatic rings. The largest absolute Gasteiger partial charge is 0.465 e. The molecule has 0 saturated carbocycles. The van der Waals surface area contributed by atoms with Crippen LogP contribution in [0.15, 0.2) is 48.5 Å². The van der Waals surface area contributed by atoms with E-state index in [0.29, 0.717) is 5.56 Å². The lowest BCUT2D eigenvalue weighted by atomic mass is 10.1. The summed E-state index contributed by atoms with van der Waals surface area (Å²) in [6, 6.07) is 12.6. The van der Waals surface area contributed by atoms with Gasteiger partial charge in [-0.2, -0.15) is 5.10 Å². The van der Waals surface area contributed by atoms with Gasteiger partial charge >= 0.3 is 17.9 Å². The molecule has 3 rings (SSSR count). The normalized spacial score (nSPS) is 10.4. The van der Waals surface area contributed by atoms with E-state index in [0.717, 1.165) is 17.1 Å². The summed E-state index contributed by atoms with van der Waals surface area (Å²) in [5.74, 6) is -1.97. The van der Waals surface area contributed by atoms with Gasteiger partial charge in [0.15, 0.2) is 0 Å². The highest BCUT2D eigenvalue weighted by Gasteiger charge is 2.17. The molecule has 0 aliphatic carbocycles. The number of carbonyl (C=O) groups excluding carboxylic acids is 3. The van der Waals surface area contributed by atoms with Gasteiger partial charge in [-0.15, -0.1) is 0 Å². The van der Waals surface area contributed by atoms with E-state index in [1.54, 1.807) is 28.9 Å². The third-order valence-electron chi connectivity index (χ3n) is 4.32. The summed E-state index contributed by atoms with van der Waals surface area (Å²) in [6.07, 6.45) is 0. The molecule has 0 saturated heterocycles. The number of hydrogen-bond acceptors (Lipinski definition) is 7. The summed E-state index contributed by atoms with van der Waals surface area (Å²) in [4.78, 5) is 36.3. The Hall–Kier alpha value is -3.94. The number of ether oxygens (including phenoxy) is 3. The van der Waals surface area contributed by atoms with Crippen LogP contribution in [0, 0.1) is 13.8 Å². The molecule has 30 heavy (non-hydrogen) atoms. The molecule has 0 unspecified atom stereocenters. The van der Waals surface area contributed by atoms with Gasteiger partial charge < -0.3 is 14.2 Å². The molecule has 8 heteroatoms. The molecule has 1 heterocycles. The van der Waals surface area contributed by atoms with E-state index < -0.39 is 17.9 Å². The first-order chi connectivity index (χ1) is 14.3. The van der Waals surface area contributed by atoms with Gasteiger partial charge in [-0.3, -0.25) is 0 Å². The minimum Gasteiger partial charge on any atom is -0.465 e. The highest BCUT2D eigenvalue weighted by Crippen LogP contribution is 2.21. The molecule has 2 aromatic carbocycles. The van der Waals surface area contributed by atoms with Gasteiger partial charge in [0.25, 0.3) is 0 Å². The van der Waals surface area contributed by atoms with Crippen LogP contribution in [-0.4, -0.2) is 41.9 Å². The molecule has 0 bridgehead atoms. The second kappa shape index (κ2) is 8.60. The summed E-state index contributed by atoms with van der Waals surface area (Å²) in [6.45, 7) is 3.84. The molecule has 0 fully saturated rings. The summed E-state index contributed by atoms with van der Waals surface area (Å²) < 4.78 is 16.5. The minimum atomic E-state index is -0.674. The Kier molecular flexibility index (Phi) is 5.96. The van der Waals surface area contributed by atoms with Crippen molar-refractivity contribution in [2.75, 3.05) is 14.2 Å². The van der Waals surface area contributed by atoms with Crippen LogP contribution >= 0.6 is 0 Å². The zero-order chi connectivity index (χ0) is 21.8. The first-order valence-corrected chi connectivity index (χ1v) is 9.00. The average Bonchev–Trinajstić information content (AvgIpc) is 3.10. The number of carbonyl (C=O) groups is 3. The molecule has 8 nitrogen and oxygen atoms in total. The minimum absolute atomic E-state index is 0.0194. The van der Waals surface area contributed by atoms with Crippen LogP contribution in [0.1, 0.15) is 42.5 Å². The first-order valence-electron chi connectivity index (χ1n) is 9.00. The van der Waals surface area contributed by atoms with E-state index in [4.69, 9.17) is 4.74 Å². The molecule has 0 aliphatic heterocycles. The first kappa shape index (κ1) is 20.8. The number of rotatable bonds is 5. The van der Waals surface area contributed by atoms with Crippen LogP contribution in [0.2, 0.25) is 0 Å². The third kappa shape index (κ3) is 4.38. The van der Waals surface area contributed by atoms with Gasteiger partial charge in [0.2, 0.25) is 0 Å². The van der Waals surface area contributed by atoms with Crippen molar-refractivity contribution in [2.45, 2.75) is 13.8 Å². The number of aromatic nitrogens is 2. The fourth-order valence-electron chi connectivity index (χ4n) is 2.92. The molecule has 154 valence electrons. The second-order valence-electron chi connectivity index (χ2n) is 6.50. The third-order valence-corrected chi connectivity index (χ3v) is 4.32. The fraction of sp³-hybridized carbons (Fsp3) is 0.182. The van der Waals surface area contributed by atoms with Crippen LogP contribution in [0.25, 0.3) is 5.69 Å². The Morgan fingerprint density at radius 2 is 1.33 bits per heavy atom. The number of nitrogens with zero attached hydrogens (tertiary/aromatic N) is 2. The number of hydrogen-bond donors (Lipinski definition) is 0. The second-order valence-corrected chi connectivity index (χ2v) is 6.50. The maximum Gasteiger partial charge on any atom is 0.343 e.